The summed E-state index contributed by atoms with van der Waals surface area (Å²) in [6.45, 7) is 4.00. The Morgan fingerprint density at radius 2 is 2.00 bits per heavy atom. The molecule has 0 spiro atoms. The number of carbonyl (C=O) groups excluding carboxylic acids is 2. The molecule has 7 heteroatoms. The number of aryl methyl sites for hydroxylation is 2. The highest BCUT2D eigenvalue weighted by molar-refractivity contribution is 7.15. The van der Waals surface area contributed by atoms with E-state index in [0.29, 0.717) is 20.7 Å². The molecule has 0 fully saturated rings. The molecule has 2 aromatic rings. The quantitative estimate of drug-likeness (QED) is 0.800. The molecule has 1 aliphatic heterocycles. The molecule has 20 heavy (non-hydrogen) atoms. The topological polar surface area (TPSA) is 63.2 Å². The van der Waals surface area contributed by atoms with Crippen molar-refractivity contribution in [1.29, 1.82) is 0 Å². The first kappa shape index (κ1) is 13.2. The molecule has 0 N–H and O–H groups in total. The number of hydrogen-bond acceptors (Lipinski definition) is 5. The van der Waals surface area contributed by atoms with Gasteiger partial charge < -0.3 is 0 Å². The van der Waals surface area contributed by atoms with Gasteiger partial charge in [0.1, 0.15) is 5.01 Å². The van der Waals surface area contributed by atoms with E-state index < -0.39 is 11.7 Å². The van der Waals surface area contributed by atoms with Gasteiger partial charge in [0, 0.05) is 0 Å². The molecule has 0 saturated carbocycles. The number of carbonyl (C=O) groups is 2. The number of Topliss-reactive ketones (excluding diaryl/α,β-unsaturated/α-hetero) is 1. The summed E-state index contributed by atoms with van der Waals surface area (Å²) in [5, 5.41) is 8.20. The van der Waals surface area contributed by atoms with Gasteiger partial charge in [0.05, 0.1) is 17.8 Å². The van der Waals surface area contributed by atoms with Crippen LogP contribution in [0.25, 0.3) is 0 Å². The number of anilines is 1. The van der Waals surface area contributed by atoms with Gasteiger partial charge >= 0.3 is 0 Å². The fourth-order valence-corrected chi connectivity index (χ4v) is 3.27. The number of benzene rings is 1. The highest BCUT2D eigenvalue weighted by Crippen LogP contribution is 2.35. The van der Waals surface area contributed by atoms with Gasteiger partial charge in [0.2, 0.25) is 4.47 Å². The molecule has 1 aromatic heterocycles. The molecule has 1 aliphatic rings. The van der Waals surface area contributed by atoms with E-state index in [0.717, 1.165) is 11.1 Å². The third-order valence-corrected chi connectivity index (χ3v) is 4.14. The Morgan fingerprint density at radius 1 is 1.25 bits per heavy atom. The number of nitrogens with zero attached hydrogens (tertiary/aromatic N) is 3. The van der Waals surface area contributed by atoms with Crippen molar-refractivity contribution >= 4 is 40.3 Å². The van der Waals surface area contributed by atoms with E-state index in [1.165, 1.54) is 16.2 Å². The number of amides is 1. The fraction of sp³-hybridized carbons (Fsp3) is 0.231. The average Bonchev–Trinajstić information content (AvgIpc) is 2.88. The normalized spacial score (nSPS) is 14.1. The van der Waals surface area contributed by atoms with Gasteiger partial charge in [-0.2, -0.15) is 0 Å². The van der Waals surface area contributed by atoms with E-state index in [-0.39, 0.29) is 6.54 Å². The predicted octanol–water partition coefficient (Wildman–Crippen LogP) is 2.54. The summed E-state index contributed by atoms with van der Waals surface area (Å²) in [6.07, 6.45) is 0. The molecule has 0 radical (unpaired) electrons. The average molecular weight is 308 g/mol. The minimum atomic E-state index is -0.528. The number of rotatable bonds is 2. The van der Waals surface area contributed by atoms with Gasteiger partial charge in [-0.05, 0) is 42.6 Å². The van der Waals surface area contributed by atoms with Crippen LogP contribution in [0.1, 0.15) is 26.5 Å². The van der Waals surface area contributed by atoms with Gasteiger partial charge in [-0.25, -0.2) is 0 Å². The van der Waals surface area contributed by atoms with Gasteiger partial charge in [0.25, 0.3) is 11.7 Å². The van der Waals surface area contributed by atoms with Crippen LogP contribution in [-0.2, 0) is 11.3 Å². The van der Waals surface area contributed by atoms with Crippen molar-refractivity contribution in [2.45, 2.75) is 20.4 Å². The molecule has 0 saturated heterocycles. The van der Waals surface area contributed by atoms with Crippen LogP contribution in [0.2, 0.25) is 4.47 Å². The Morgan fingerprint density at radius 3 is 2.65 bits per heavy atom. The van der Waals surface area contributed by atoms with Gasteiger partial charge in [0.15, 0.2) is 0 Å². The van der Waals surface area contributed by atoms with Crippen molar-refractivity contribution in [3.8, 4) is 0 Å². The number of aromatic nitrogens is 2. The van der Waals surface area contributed by atoms with Gasteiger partial charge in [-0.1, -0.05) is 17.4 Å². The third-order valence-electron chi connectivity index (χ3n) is 3.13. The van der Waals surface area contributed by atoms with Crippen LogP contribution in [-0.4, -0.2) is 21.9 Å². The van der Waals surface area contributed by atoms with Crippen molar-refractivity contribution in [2.75, 3.05) is 4.90 Å². The van der Waals surface area contributed by atoms with Crippen LogP contribution < -0.4 is 4.90 Å². The maximum absolute atomic E-state index is 12.1. The summed E-state index contributed by atoms with van der Waals surface area (Å²) in [6, 6.07) is 3.69. The second-order valence-corrected chi connectivity index (χ2v) is 6.29. The Kier molecular flexibility index (Phi) is 3.07. The fourth-order valence-electron chi connectivity index (χ4n) is 2.41. The number of hydrogen-bond donors (Lipinski definition) is 0. The molecule has 0 atom stereocenters. The van der Waals surface area contributed by atoms with Crippen LogP contribution in [0.15, 0.2) is 12.1 Å². The molecular formula is C13H10ClN3O2S. The molecule has 0 bridgehead atoms. The van der Waals surface area contributed by atoms with Crippen molar-refractivity contribution in [3.63, 3.8) is 0 Å². The highest BCUT2D eigenvalue weighted by Gasteiger charge is 2.37. The zero-order valence-electron chi connectivity index (χ0n) is 10.8. The zero-order chi connectivity index (χ0) is 14.4. The molecule has 3 rings (SSSR count). The summed E-state index contributed by atoms with van der Waals surface area (Å²) in [5.74, 6) is -0.998. The van der Waals surface area contributed by atoms with Crippen LogP contribution in [0.5, 0.6) is 0 Å². The van der Waals surface area contributed by atoms with E-state index in [4.69, 9.17) is 11.6 Å². The number of fused-ring (bicyclic) bond motifs is 1. The highest BCUT2D eigenvalue weighted by atomic mass is 35.5. The monoisotopic (exact) mass is 307 g/mol. The number of ketones is 1. The third kappa shape index (κ3) is 2.01. The lowest BCUT2D eigenvalue weighted by atomic mass is 10.0. The summed E-state index contributed by atoms with van der Waals surface area (Å²) in [4.78, 5) is 25.6. The maximum Gasteiger partial charge on any atom is 0.299 e. The second kappa shape index (κ2) is 4.64. The van der Waals surface area contributed by atoms with E-state index in [1.807, 2.05) is 19.9 Å². The van der Waals surface area contributed by atoms with Crippen LogP contribution in [0.4, 0.5) is 5.69 Å². The van der Waals surface area contributed by atoms with Gasteiger partial charge in [-0.15, -0.1) is 10.2 Å². The Bertz CT molecular complexity index is 741. The summed E-state index contributed by atoms with van der Waals surface area (Å²) >= 11 is 6.94. The van der Waals surface area contributed by atoms with Crippen LogP contribution >= 0.6 is 22.9 Å². The first-order valence-electron chi connectivity index (χ1n) is 5.92. The summed E-state index contributed by atoms with van der Waals surface area (Å²) in [5.41, 5.74) is 2.98. The Labute approximate surface area is 124 Å². The molecule has 0 unspecified atom stereocenters. The minimum absolute atomic E-state index is 0.214. The number of halogens is 1. The lowest BCUT2D eigenvalue weighted by Crippen LogP contribution is -2.29. The SMILES string of the molecule is Cc1cc(C)c2c(c1)C(=O)C(=O)N2Cc1nnc(Cl)s1. The van der Waals surface area contributed by atoms with Crippen molar-refractivity contribution in [3.05, 3.63) is 38.3 Å². The predicted molar refractivity (Wildman–Crippen MR) is 76.4 cm³/mol. The first-order chi connectivity index (χ1) is 9.47. The molecular weight excluding hydrogens is 298 g/mol. The lowest BCUT2D eigenvalue weighted by molar-refractivity contribution is -0.114. The van der Waals surface area contributed by atoms with Crippen LogP contribution in [0.3, 0.4) is 0 Å². The smallest absolute Gasteiger partial charge is 0.298 e. The largest absolute Gasteiger partial charge is 0.299 e. The Hall–Kier alpha value is -1.79. The van der Waals surface area contributed by atoms with E-state index in [1.54, 1.807) is 6.07 Å². The second-order valence-electron chi connectivity index (χ2n) is 4.65. The molecule has 1 amide bonds. The van der Waals surface area contributed by atoms with Crippen molar-refractivity contribution < 1.29 is 9.59 Å². The van der Waals surface area contributed by atoms with Gasteiger partial charge in [-0.3, -0.25) is 14.5 Å². The van der Waals surface area contributed by atoms with Crippen molar-refractivity contribution in [1.82, 2.24) is 10.2 Å². The molecule has 0 aliphatic carbocycles. The summed E-state index contributed by atoms with van der Waals surface area (Å²) < 4.78 is 0.318. The van der Waals surface area contributed by atoms with E-state index >= 15 is 0 Å². The minimum Gasteiger partial charge on any atom is -0.298 e. The molecule has 1 aromatic carbocycles. The maximum atomic E-state index is 12.1. The first-order valence-corrected chi connectivity index (χ1v) is 7.12. The van der Waals surface area contributed by atoms with E-state index in [9.17, 15) is 9.59 Å². The van der Waals surface area contributed by atoms with E-state index in [2.05, 4.69) is 10.2 Å². The molecule has 5 nitrogen and oxygen atoms in total. The van der Waals surface area contributed by atoms with Crippen LogP contribution in [0, 0.1) is 13.8 Å². The zero-order valence-corrected chi connectivity index (χ0v) is 12.4. The standard InChI is InChI=1S/C13H10ClN3O2S/c1-6-3-7(2)10-8(4-6)11(18)12(19)17(10)5-9-15-16-13(14)20-9/h3-4H,5H2,1-2H3. The Balaban J connectivity index is 2.06. The molecule has 2 heterocycles. The van der Waals surface area contributed by atoms with Crippen molar-refractivity contribution in [2.24, 2.45) is 0 Å². The lowest BCUT2D eigenvalue weighted by Gasteiger charge is -2.17. The summed E-state index contributed by atoms with van der Waals surface area (Å²) in [7, 11) is 0. The molecule has 102 valence electrons.